The molecule has 0 aromatic heterocycles. The highest BCUT2D eigenvalue weighted by Crippen LogP contribution is 2.30. The van der Waals surface area contributed by atoms with Crippen LogP contribution in [0.25, 0.3) is 11.1 Å². The predicted molar refractivity (Wildman–Crippen MR) is 149 cm³/mol. The van der Waals surface area contributed by atoms with Crippen molar-refractivity contribution in [1.29, 1.82) is 0 Å². The average Bonchev–Trinajstić information content (AvgIpc) is 2.98. The molecule has 2 aliphatic rings. The lowest BCUT2D eigenvalue weighted by Crippen LogP contribution is -2.62. The molecule has 0 spiro atoms. The Balaban J connectivity index is 1.42. The Morgan fingerprint density at radius 3 is 2.09 bits per heavy atom. The van der Waals surface area contributed by atoms with Crippen LogP contribution < -0.4 is 0 Å². The predicted octanol–water partition coefficient (Wildman–Crippen LogP) is 1.92. The molecule has 2 aliphatic heterocycles. The Morgan fingerprint density at radius 2 is 1.44 bits per heavy atom. The summed E-state index contributed by atoms with van der Waals surface area (Å²) >= 11 is 0. The Kier molecular flexibility index (Phi) is 11.6. The molecule has 2 aromatic rings. The summed E-state index contributed by atoms with van der Waals surface area (Å²) in [5, 5.41) is 21.2. The highest BCUT2D eigenvalue weighted by Gasteiger charge is 2.50. The minimum Gasteiger partial charge on any atom is -0.463 e. The van der Waals surface area contributed by atoms with E-state index in [1.54, 1.807) is 0 Å². The Labute approximate surface area is 249 Å². The van der Waals surface area contributed by atoms with Gasteiger partial charge in [-0.2, -0.15) is 0 Å². The summed E-state index contributed by atoms with van der Waals surface area (Å²) in [6.45, 7) is 3.81. The van der Waals surface area contributed by atoms with Crippen LogP contribution in [0, 0.1) is 0 Å². The maximum Gasteiger partial charge on any atom is 0.303 e. The van der Waals surface area contributed by atoms with Gasteiger partial charge in [-0.25, -0.2) is 0 Å². The molecule has 43 heavy (non-hydrogen) atoms. The van der Waals surface area contributed by atoms with Crippen molar-refractivity contribution in [1.82, 2.24) is 0 Å². The molecular formula is C31H38O12. The fourth-order valence-corrected chi connectivity index (χ4v) is 5.02. The zero-order chi connectivity index (χ0) is 30.9. The summed E-state index contributed by atoms with van der Waals surface area (Å²) in [7, 11) is 0. The molecule has 2 heterocycles. The number of carbonyl (C=O) groups excluding carboxylic acids is 3. The SMILES string of the molecule is CC(=O)OC[C@H]1O[C@@H](O[C@@H]2CCO[C@H](COCc3ccc(-c4ccccc4)cc3)[C@@H]2OC(C)=O)[C@H](OC(C)=O)[C@@H](O)[C@H]1O. The van der Waals surface area contributed by atoms with Crippen molar-refractivity contribution >= 4 is 17.9 Å². The molecule has 0 saturated carbocycles. The topological polar surface area (TPSA) is 156 Å². The fourth-order valence-electron chi connectivity index (χ4n) is 5.02. The van der Waals surface area contributed by atoms with Crippen molar-refractivity contribution in [2.75, 3.05) is 19.8 Å². The maximum atomic E-state index is 12.0. The largest absolute Gasteiger partial charge is 0.463 e. The van der Waals surface area contributed by atoms with Gasteiger partial charge >= 0.3 is 17.9 Å². The lowest BCUT2D eigenvalue weighted by molar-refractivity contribution is -0.328. The van der Waals surface area contributed by atoms with Gasteiger partial charge in [0.1, 0.15) is 37.1 Å². The molecule has 0 radical (unpaired) electrons. The van der Waals surface area contributed by atoms with Crippen LogP contribution in [0.3, 0.4) is 0 Å². The van der Waals surface area contributed by atoms with Crippen LogP contribution in [0.2, 0.25) is 0 Å². The third kappa shape index (κ3) is 9.05. The van der Waals surface area contributed by atoms with E-state index in [0.717, 1.165) is 23.6 Å². The summed E-state index contributed by atoms with van der Waals surface area (Å²) in [4.78, 5) is 35.2. The van der Waals surface area contributed by atoms with Crippen LogP contribution in [0.15, 0.2) is 54.6 Å². The number of benzene rings is 2. The van der Waals surface area contributed by atoms with Gasteiger partial charge in [0.15, 0.2) is 18.5 Å². The van der Waals surface area contributed by atoms with E-state index in [2.05, 4.69) is 0 Å². The van der Waals surface area contributed by atoms with Crippen molar-refractivity contribution < 1.29 is 57.8 Å². The van der Waals surface area contributed by atoms with E-state index in [-0.39, 0.29) is 32.8 Å². The monoisotopic (exact) mass is 602 g/mol. The smallest absolute Gasteiger partial charge is 0.303 e. The molecule has 4 rings (SSSR count). The van der Waals surface area contributed by atoms with E-state index in [9.17, 15) is 24.6 Å². The molecule has 2 aromatic carbocycles. The molecule has 12 heteroatoms. The minimum absolute atomic E-state index is 0.0769. The number of aliphatic hydroxyl groups is 2. The van der Waals surface area contributed by atoms with Crippen molar-refractivity contribution in [2.45, 2.75) is 82.8 Å². The quantitative estimate of drug-likeness (QED) is 0.285. The van der Waals surface area contributed by atoms with Gasteiger partial charge in [-0.15, -0.1) is 0 Å². The molecule has 2 fully saturated rings. The second-order valence-electron chi connectivity index (χ2n) is 10.4. The van der Waals surface area contributed by atoms with E-state index < -0.39 is 66.9 Å². The standard InChI is InChI=1S/C31H38O12/c1-18(32)39-17-25-27(35)28(36)30(41-20(3)34)31(43-25)42-24-13-14-38-26(29(24)40-19(2)33)16-37-15-21-9-11-23(12-10-21)22-7-5-4-6-8-22/h4-12,24-31,35-36H,13-17H2,1-3H3/t24-,25-,26-,27+,28+,29-,30-,31-/m1/s1. The molecule has 8 atom stereocenters. The minimum atomic E-state index is -1.61. The third-order valence-corrected chi connectivity index (χ3v) is 7.09. The van der Waals surface area contributed by atoms with Gasteiger partial charge in [-0.3, -0.25) is 14.4 Å². The number of hydrogen-bond acceptors (Lipinski definition) is 12. The summed E-state index contributed by atoms with van der Waals surface area (Å²) in [5.74, 6) is -1.92. The summed E-state index contributed by atoms with van der Waals surface area (Å²) in [5.41, 5.74) is 3.14. The van der Waals surface area contributed by atoms with Crippen LogP contribution in [0.4, 0.5) is 0 Å². The Hall–Kier alpha value is -3.39. The van der Waals surface area contributed by atoms with Gasteiger partial charge in [0.25, 0.3) is 0 Å². The highest BCUT2D eigenvalue weighted by molar-refractivity contribution is 5.67. The molecule has 2 N–H and O–H groups in total. The average molecular weight is 603 g/mol. The second-order valence-corrected chi connectivity index (χ2v) is 10.4. The Bertz CT molecular complexity index is 1200. The molecule has 0 unspecified atom stereocenters. The van der Waals surface area contributed by atoms with E-state index in [0.29, 0.717) is 0 Å². The summed E-state index contributed by atoms with van der Waals surface area (Å²) < 4.78 is 39.5. The van der Waals surface area contributed by atoms with E-state index in [1.807, 2.05) is 54.6 Å². The van der Waals surface area contributed by atoms with E-state index in [1.165, 1.54) is 13.8 Å². The van der Waals surface area contributed by atoms with Gasteiger partial charge in [0, 0.05) is 33.8 Å². The first kappa shape index (κ1) is 32.5. The first-order valence-electron chi connectivity index (χ1n) is 14.1. The van der Waals surface area contributed by atoms with Gasteiger partial charge in [-0.05, 0) is 16.7 Å². The first-order chi connectivity index (χ1) is 20.6. The summed E-state index contributed by atoms with van der Waals surface area (Å²) in [6.07, 6.45) is -9.27. The number of rotatable bonds is 11. The van der Waals surface area contributed by atoms with Crippen LogP contribution in [-0.4, -0.2) is 97.0 Å². The molecule has 234 valence electrons. The van der Waals surface area contributed by atoms with Gasteiger partial charge in [-0.1, -0.05) is 54.6 Å². The summed E-state index contributed by atoms with van der Waals surface area (Å²) in [6, 6.07) is 18.0. The molecule has 0 aliphatic carbocycles. The number of carbonyl (C=O) groups is 3. The van der Waals surface area contributed by atoms with Gasteiger partial charge in [0.05, 0.1) is 13.2 Å². The lowest BCUT2D eigenvalue weighted by atomic mass is 9.98. The Morgan fingerprint density at radius 1 is 0.791 bits per heavy atom. The van der Waals surface area contributed by atoms with Crippen LogP contribution in [0.1, 0.15) is 32.8 Å². The zero-order valence-corrected chi connectivity index (χ0v) is 24.3. The normalized spacial score (nSPS) is 29.0. The number of esters is 3. The highest BCUT2D eigenvalue weighted by atomic mass is 16.7. The maximum absolute atomic E-state index is 12.0. The lowest BCUT2D eigenvalue weighted by Gasteiger charge is -2.44. The number of ether oxygens (including phenoxy) is 7. The van der Waals surface area contributed by atoms with Gasteiger partial charge < -0.3 is 43.4 Å². The van der Waals surface area contributed by atoms with Crippen molar-refractivity contribution in [3.63, 3.8) is 0 Å². The molecule has 2 saturated heterocycles. The van der Waals surface area contributed by atoms with Crippen molar-refractivity contribution in [3.05, 3.63) is 60.2 Å². The number of hydrogen-bond donors (Lipinski definition) is 2. The fraction of sp³-hybridized carbons (Fsp3) is 0.516. The zero-order valence-electron chi connectivity index (χ0n) is 24.3. The molecular weight excluding hydrogens is 564 g/mol. The molecule has 0 bridgehead atoms. The van der Waals surface area contributed by atoms with Crippen LogP contribution >= 0.6 is 0 Å². The second kappa shape index (κ2) is 15.4. The van der Waals surface area contributed by atoms with Crippen LogP contribution in [-0.2, 0) is 54.1 Å². The molecule has 0 amide bonds. The number of aliphatic hydroxyl groups excluding tert-OH is 2. The van der Waals surface area contributed by atoms with Crippen molar-refractivity contribution in [3.8, 4) is 11.1 Å². The first-order valence-corrected chi connectivity index (χ1v) is 14.1. The molecule has 12 nitrogen and oxygen atoms in total. The van der Waals surface area contributed by atoms with E-state index >= 15 is 0 Å². The van der Waals surface area contributed by atoms with Crippen LogP contribution in [0.5, 0.6) is 0 Å². The van der Waals surface area contributed by atoms with Crippen molar-refractivity contribution in [2.24, 2.45) is 0 Å². The van der Waals surface area contributed by atoms with E-state index in [4.69, 9.17) is 33.2 Å². The van der Waals surface area contributed by atoms with Gasteiger partial charge in [0.2, 0.25) is 0 Å². The third-order valence-electron chi connectivity index (χ3n) is 7.09.